The third-order valence-corrected chi connectivity index (χ3v) is 6.23. The van der Waals surface area contributed by atoms with Gasteiger partial charge in [-0.3, -0.25) is 14.9 Å². The molecule has 1 N–H and O–H groups in total. The topological polar surface area (TPSA) is 103 Å². The number of non-ortho nitro benzene ring substituents is 1. The van der Waals surface area contributed by atoms with Crippen molar-refractivity contribution in [2.24, 2.45) is 0 Å². The third-order valence-electron chi connectivity index (χ3n) is 5.25. The molecule has 0 atom stereocenters. The van der Waals surface area contributed by atoms with E-state index in [4.69, 9.17) is 0 Å². The first-order valence-electron chi connectivity index (χ1n) is 10.7. The fraction of sp³-hybridized carbons (Fsp3) is 0.208. The van der Waals surface area contributed by atoms with Crippen molar-refractivity contribution in [2.75, 3.05) is 5.32 Å². The molecule has 0 radical (unpaired) electrons. The normalized spacial score (nSPS) is 11.6. The second kappa shape index (κ2) is 9.61. The number of benzene rings is 2. The van der Waals surface area contributed by atoms with E-state index in [-0.39, 0.29) is 33.8 Å². The molecule has 12 heteroatoms. The molecule has 0 aliphatic rings. The molecular weight excluding hydrogens is 495 g/mol. The Hall–Kier alpha value is -3.93. The van der Waals surface area contributed by atoms with Crippen LogP contribution < -0.4 is 5.32 Å². The lowest BCUT2D eigenvalue weighted by Gasteiger charge is -2.10. The van der Waals surface area contributed by atoms with E-state index in [0.717, 1.165) is 21.2 Å². The second-order valence-corrected chi connectivity index (χ2v) is 9.33. The van der Waals surface area contributed by atoms with Gasteiger partial charge in [-0.2, -0.15) is 18.3 Å². The Labute approximate surface area is 207 Å². The number of hydrogen-bond donors (Lipinski definition) is 1. The van der Waals surface area contributed by atoms with Crippen molar-refractivity contribution in [3.63, 3.8) is 0 Å². The van der Waals surface area contributed by atoms with Crippen LogP contribution in [0.2, 0.25) is 0 Å². The van der Waals surface area contributed by atoms with Gasteiger partial charge in [0.15, 0.2) is 5.65 Å². The summed E-state index contributed by atoms with van der Waals surface area (Å²) in [4.78, 5) is 29.2. The first-order valence-corrected chi connectivity index (χ1v) is 11.5. The number of hydrogen-bond acceptors (Lipinski definition) is 6. The predicted molar refractivity (Wildman–Crippen MR) is 129 cm³/mol. The smallest absolute Gasteiger partial charge is 0.324 e. The zero-order chi connectivity index (χ0) is 26.2. The molecule has 36 heavy (non-hydrogen) atoms. The molecule has 2 aromatic carbocycles. The summed E-state index contributed by atoms with van der Waals surface area (Å²) in [5.74, 6) is -0.622. The number of alkyl halides is 3. The minimum Gasteiger partial charge on any atom is -0.324 e. The van der Waals surface area contributed by atoms with Gasteiger partial charge in [0.25, 0.3) is 5.69 Å². The molecule has 0 bridgehead atoms. The molecule has 0 unspecified atom stereocenters. The van der Waals surface area contributed by atoms with Gasteiger partial charge in [-0.25, -0.2) is 9.67 Å². The number of pyridine rings is 1. The summed E-state index contributed by atoms with van der Waals surface area (Å²) in [6.45, 7) is 4.36. The summed E-state index contributed by atoms with van der Waals surface area (Å²) in [5.41, 5.74) is 0.319. The number of fused-ring (bicyclic) bond motifs is 1. The lowest BCUT2D eigenvalue weighted by Crippen LogP contribution is -2.20. The number of nitro groups is 1. The van der Waals surface area contributed by atoms with E-state index in [1.807, 2.05) is 31.2 Å². The summed E-state index contributed by atoms with van der Waals surface area (Å²) in [6, 6.07) is 12.7. The molecule has 186 valence electrons. The van der Waals surface area contributed by atoms with E-state index in [0.29, 0.717) is 4.90 Å². The van der Waals surface area contributed by atoms with Gasteiger partial charge in [0.05, 0.1) is 21.6 Å². The standard InChI is InChI=1S/C24H20F3N5O3S/c1-13-4-6-18(7-5-13)36-19-10-16(9-17(11-19)32(34)35)29-21(33)12-31-23-22(15(3)30-31)20(24(25,26)27)8-14(2)28-23/h4-11H,12H2,1-3H3,(H,29,33). The van der Waals surface area contributed by atoms with Crippen molar-refractivity contribution in [2.45, 2.75) is 43.3 Å². The quantitative estimate of drug-likeness (QED) is 0.247. The highest BCUT2D eigenvalue weighted by Crippen LogP contribution is 2.36. The van der Waals surface area contributed by atoms with Crippen LogP contribution in [0.3, 0.4) is 0 Å². The molecule has 0 aliphatic heterocycles. The maximum atomic E-state index is 13.6. The highest BCUT2D eigenvalue weighted by atomic mass is 32.2. The van der Waals surface area contributed by atoms with Gasteiger partial charge in [-0.15, -0.1) is 0 Å². The Morgan fingerprint density at radius 1 is 1.08 bits per heavy atom. The highest BCUT2D eigenvalue weighted by Gasteiger charge is 2.35. The van der Waals surface area contributed by atoms with E-state index in [1.165, 1.54) is 37.7 Å². The lowest BCUT2D eigenvalue weighted by molar-refractivity contribution is -0.385. The molecule has 0 fully saturated rings. The minimum absolute atomic E-state index is 0.0652. The van der Waals surface area contributed by atoms with Crippen molar-refractivity contribution in [3.8, 4) is 0 Å². The number of nitrogens with one attached hydrogen (secondary N) is 1. The van der Waals surface area contributed by atoms with E-state index in [1.54, 1.807) is 6.07 Å². The number of nitrogens with zero attached hydrogens (tertiary/aromatic N) is 4. The lowest BCUT2D eigenvalue weighted by atomic mass is 10.1. The van der Waals surface area contributed by atoms with Gasteiger partial charge in [0, 0.05) is 33.3 Å². The monoisotopic (exact) mass is 515 g/mol. The summed E-state index contributed by atoms with van der Waals surface area (Å²) < 4.78 is 41.8. The minimum atomic E-state index is -4.61. The first kappa shape index (κ1) is 25.2. The van der Waals surface area contributed by atoms with Crippen molar-refractivity contribution < 1.29 is 22.9 Å². The SMILES string of the molecule is Cc1ccc(Sc2cc(NC(=O)Cn3nc(C)c4c(C(F)(F)F)cc(C)nc43)cc([N+](=O)[O-])c2)cc1. The number of anilines is 1. The van der Waals surface area contributed by atoms with Crippen LogP contribution in [0, 0.1) is 30.9 Å². The molecule has 0 aliphatic carbocycles. The van der Waals surface area contributed by atoms with Crippen molar-refractivity contribution in [3.05, 3.63) is 81.2 Å². The third kappa shape index (κ3) is 5.48. The number of aromatic nitrogens is 3. The second-order valence-electron chi connectivity index (χ2n) is 8.19. The highest BCUT2D eigenvalue weighted by molar-refractivity contribution is 7.99. The average Bonchev–Trinajstić information content (AvgIpc) is 3.08. The van der Waals surface area contributed by atoms with Gasteiger partial charge in [-0.05, 0) is 45.0 Å². The van der Waals surface area contributed by atoms with Crippen molar-refractivity contribution >= 4 is 40.1 Å². The predicted octanol–water partition coefficient (Wildman–Crippen LogP) is 6.07. The number of nitro benzene ring substituents is 1. The van der Waals surface area contributed by atoms with Gasteiger partial charge in [0.1, 0.15) is 6.54 Å². The number of amides is 1. The number of carbonyl (C=O) groups is 1. The molecule has 2 aromatic heterocycles. The summed E-state index contributed by atoms with van der Waals surface area (Å²) in [6.07, 6.45) is -4.61. The maximum Gasteiger partial charge on any atom is 0.417 e. The van der Waals surface area contributed by atoms with Gasteiger partial charge in [-0.1, -0.05) is 29.5 Å². The number of rotatable bonds is 6. The molecule has 0 spiro atoms. The van der Waals surface area contributed by atoms with Crippen LogP contribution in [-0.4, -0.2) is 25.6 Å². The first-order chi connectivity index (χ1) is 16.9. The van der Waals surface area contributed by atoms with Crippen molar-refractivity contribution in [1.29, 1.82) is 0 Å². The zero-order valence-electron chi connectivity index (χ0n) is 19.4. The van der Waals surface area contributed by atoms with Crippen LogP contribution in [-0.2, 0) is 17.5 Å². The molecule has 1 amide bonds. The summed E-state index contributed by atoms with van der Waals surface area (Å²) in [5, 5.41) is 18.0. The fourth-order valence-corrected chi connectivity index (χ4v) is 4.62. The Kier molecular flexibility index (Phi) is 6.72. The Morgan fingerprint density at radius 2 is 1.78 bits per heavy atom. The molecule has 4 aromatic rings. The molecule has 4 rings (SSSR count). The maximum absolute atomic E-state index is 13.6. The van der Waals surface area contributed by atoms with E-state index in [2.05, 4.69) is 15.4 Å². The van der Waals surface area contributed by atoms with Crippen LogP contribution in [0.25, 0.3) is 11.0 Å². The van der Waals surface area contributed by atoms with Crippen LogP contribution in [0.15, 0.2) is 58.3 Å². The molecule has 0 saturated carbocycles. The Bertz CT molecular complexity index is 1480. The molecular formula is C24H20F3N5O3S. The largest absolute Gasteiger partial charge is 0.417 e. The molecule has 8 nitrogen and oxygen atoms in total. The van der Waals surface area contributed by atoms with Crippen LogP contribution >= 0.6 is 11.8 Å². The van der Waals surface area contributed by atoms with Gasteiger partial charge < -0.3 is 5.32 Å². The molecule has 2 heterocycles. The van der Waals surface area contributed by atoms with Crippen molar-refractivity contribution in [1.82, 2.24) is 14.8 Å². The average molecular weight is 516 g/mol. The molecule has 0 saturated heterocycles. The zero-order valence-corrected chi connectivity index (χ0v) is 20.2. The Morgan fingerprint density at radius 3 is 2.42 bits per heavy atom. The fourth-order valence-electron chi connectivity index (χ4n) is 3.71. The van der Waals surface area contributed by atoms with Crippen LogP contribution in [0.5, 0.6) is 0 Å². The van der Waals surface area contributed by atoms with E-state index >= 15 is 0 Å². The van der Waals surface area contributed by atoms with Crippen LogP contribution in [0.1, 0.15) is 22.5 Å². The Balaban J connectivity index is 1.62. The van der Waals surface area contributed by atoms with E-state index in [9.17, 15) is 28.1 Å². The van der Waals surface area contributed by atoms with E-state index < -0.39 is 29.1 Å². The number of carbonyl (C=O) groups excluding carboxylic acids is 1. The van der Waals surface area contributed by atoms with Gasteiger partial charge in [0.2, 0.25) is 5.91 Å². The summed E-state index contributed by atoms with van der Waals surface area (Å²) >= 11 is 1.29. The summed E-state index contributed by atoms with van der Waals surface area (Å²) in [7, 11) is 0. The van der Waals surface area contributed by atoms with Crippen LogP contribution in [0.4, 0.5) is 24.5 Å². The van der Waals surface area contributed by atoms with Gasteiger partial charge >= 0.3 is 6.18 Å². The number of aryl methyl sites for hydroxylation is 3. The number of halogens is 3.